The average Bonchev–Trinajstić information content (AvgIpc) is 2.55. The summed E-state index contributed by atoms with van der Waals surface area (Å²) in [4.78, 5) is 40.9. The summed E-state index contributed by atoms with van der Waals surface area (Å²) in [6.45, 7) is 5.28. The van der Waals surface area contributed by atoms with Gasteiger partial charge in [-0.3, -0.25) is 14.6 Å². The predicted octanol–water partition coefficient (Wildman–Crippen LogP) is 1.55. The Morgan fingerprint density at radius 2 is 2.00 bits per heavy atom. The van der Waals surface area contributed by atoms with Crippen molar-refractivity contribution in [2.45, 2.75) is 39.2 Å². The van der Waals surface area contributed by atoms with Gasteiger partial charge in [0.25, 0.3) is 5.91 Å². The summed E-state index contributed by atoms with van der Waals surface area (Å²) in [5.41, 5.74) is 0.123. The number of carbonyl (C=O) groups excluding carboxylic acids is 2. The first-order valence-electron chi connectivity index (χ1n) is 8.14. The van der Waals surface area contributed by atoms with Crippen LogP contribution in [0.4, 0.5) is 0 Å². The molecule has 2 rings (SSSR count). The molecule has 2 N–H and O–H groups in total. The van der Waals surface area contributed by atoms with Gasteiger partial charge in [0, 0.05) is 31.7 Å². The van der Waals surface area contributed by atoms with Crippen LogP contribution in [-0.4, -0.2) is 51.9 Å². The van der Waals surface area contributed by atoms with Gasteiger partial charge in [-0.25, -0.2) is 4.79 Å². The number of pyridine rings is 1. The maximum absolute atomic E-state index is 12.2. The zero-order chi connectivity index (χ0) is 17.7. The van der Waals surface area contributed by atoms with E-state index in [0.29, 0.717) is 38.3 Å². The summed E-state index contributed by atoms with van der Waals surface area (Å²) in [6.07, 6.45) is 3.23. The number of hydrogen-bond acceptors (Lipinski definition) is 4. The van der Waals surface area contributed by atoms with Gasteiger partial charge in [-0.15, -0.1) is 0 Å². The van der Waals surface area contributed by atoms with Crippen LogP contribution in [-0.2, 0) is 4.79 Å². The van der Waals surface area contributed by atoms with Gasteiger partial charge in [-0.1, -0.05) is 13.8 Å². The van der Waals surface area contributed by atoms with Crippen LogP contribution in [0.5, 0.6) is 0 Å². The number of nitrogens with zero attached hydrogens (tertiary/aromatic N) is 2. The highest BCUT2D eigenvalue weighted by molar-refractivity contribution is 5.95. The van der Waals surface area contributed by atoms with Gasteiger partial charge in [0.05, 0.1) is 5.56 Å². The maximum Gasteiger partial charge on any atom is 0.335 e. The van der Waals surface area contributed by atoms with E-state index >= 15 is 0 Å². The van der Waals surface area contributed by atoms with Crippen LogP contribution in [0.25, 0.3) is 0 Å². The molecule has 24 heavy (non-hydrogen) atoms. The summed E-state index contributed by atoms with van der Waals surface area (Å²) >= 11 is 0. The Balaban J connectivity index is 1.87. The Morgan fingerprint density at radius 1 is 1.33 bits per heavy atom. The van der Waals surface area contributed by atoms with Gasteiger partial charge >= 0.3 is 5.97 Å². The Labute approximate surface area is 141 Å². The molecule has 0 aromatic carbocycles. The van der Waals surface area contributed by atoms with Crippen LogP contribution >= 0.6 is 0 Å². The maximum atomic E-state index is 12.2. The standard InChI is InChI=1S/C17H23N3O4/c1-11(2)9-15(21)20-7-4-13(5-8-20)19-16(22)14-10-12(17(23)24)3-6-18-14/h3,6,10-11,13H,4-5,7-9H2,1-2H3,(H,19,22)(H,23,24). The van der Waals surface area contributed by atoms with E-state index in [1.54, 1.807) is 0 Å². The molecule has 0 atom stereocenters. The summed E-state index contributed by atoms with van der Waals surface area (Å²) in [6, 6.07) is 2.58. The number of carbonyl (C=O) groups is 3. The van der Waals surface area contributed by atoms with Crippen LogP contribution < -0.4 is 5.32 Å². The minimum Gasteiger partial charge on any atom is -0.478 e. The minimum absolute atomic E-state index is 0.0316. The molecule has 1 aliphatic rings. The Hall–Kier alpha value is -2.44. The van der Waals surface area contributed by atoms with E-state index in [2.05, 4.69) is 10.3 Å². The van der Waals surface area contributed by atoms with Gasteiger partial charge in [0.15, 0.2) is 0 Å². The number of amides is 2. The fourth-order valence-corrected chi connectivity index (χ4v) is 2.70. The highest BCUT2D eigenvalue weighted by Gasteiger charge is 2.24. The highest BCUT2D eigenvalue weighted by Crippen LogP contribution is 2.14. The molecule has 1 aromatic rings. The van der Waals surface area contributed by atoms with Gasteiger partial charge in [-0.2, -0.15) is 0 Å². The molecule has 0 unspecified atom stereocenters. The molecule has 7 nitrogen and oxygen atoms in total. The van der Waals surface area contributed by atoms with E-state index in [4.69, 9.17) is 5.11 Å². The lowest BCUT2D eigenvalue weighted by molar-refractivity contribution is -0.133. The van der Waals surface area contributed by atoms with Crippen molar-refractivity contribution in [1.82, 2.24) is 15.2 Å². The quantitative estimate of drug-likeness (QED) is 0.851. The third-order valence-electron chi connectivity index (χ3n) is 4.01. The second-order valence-corrected chi connectivity index (χ2v) is 6.46. The fourth-order valence-electron chi connectivity index (χ4n) is 2.70. The smallest absolute Gasteiger partial charge is 0.335 e. The summed E-state index contributed by atoms with van der Waals surface area (Å²) in [5, 5.41) is 11.8. The SMILES string of the molecule is CC(C)CC(=O)N1CCC(NC(=O)c2cc(C(=O)O)ccn2)CC1. The monoisotopic (exact) mass is 333 g/mol. The lowest BCUT2D eigenvalue weighted by atomic mass is 10.0. The number of carboxylic acid groups (broad SMARTS) is 1. The number of likely N-dealkylation sites (tertiary alicyclic amines) is 1. The van der Waals surface area contributed by atoms with Crippen LogP contribution in [0.1, 0.15) is 54.0 Å². The third kappa shape index (κ3) is 4.78. The molecule has 2 amide bonds. The molecule has 0 aliphatic carbocycles. The zero-order valence-corrected chi connectivity index (χ0v) is 14.0. The molecule has 1 fully saturated rings. The number of carboxylic acids is 1. The van der Waals surface area contributed by atoms with E-state index in [1.807, 2.05) is 18.7 Å². The van der Waals surface area contributed by atoms with E-state index in [1.165, 1.54) is 18.3 Å². The molecular formula is C17H23N3O4. The number of hydrogen-bond donors (Lipinski definition) is 2. The van der Waals surface area contributed by atoms with Gasteiger partial charge in [0.1, 0.15) is 5.69 Å². The van der Waals surface area contributed by atoms with E-state index in [0.717, 1.165) is 0 Å². The summed E-state index contributed by atoms with van der Waals surface area (Å²) in [7, 11) is 0. The van der Waals surface area contributed by atoms with Crippen molar-refractivity contribution in [2.24, 2.45) is 5.92 Å². The van der Waals surface area contributed by atoms with Crippen LogP contribution in [0.3, 0.4) is 0 Å². The molecule has 1 aromatic heterocycles. The van der Waals surface area contributed by atoms with Gasteiger partial charge < -0.3 is 15.3 Å². The van der Waals surface area contributed by atoms with Crippen LogP contribution in [0.15, 0.2) is 18.3 Å². The second-order valence-electron chi connectivity index (χ2n) is 6.46. The normalized spacial score (nSPS) is 15.4. The first-order valence-corrected chi connectivity index (χ1v) is 8.14. The largest absolute Gasteiger partial charge is 0.478 e. The first kappa shape index (κ1) is 17.9. The second kappa shape index (κ2) is 7.90. The summed E-state index contributed by atoms with van der Waals surface area (Å²) < 4.78 is 0. The van der Waals surface area contributed by atoms with Crippen molar-refractivity contribution in [1.29, 1.82) is 0 Å². The molecular weight excluding hydrogens is 310 g/mol. The Bertz CT molecular complexity index is 622. The lowest BCUT2D eigenvalue weighted by Gasteiger charge is -2.32. The Morgan fingerprint density at radius 3 is 2.58 bits per heavy atom. The highest BCUT2D eigenvalue weighted by atomic mass is 16.4. The van der Waals surface area contributed by atoms with Crippen molar-refractivity contribution < 1.29 is 19.5 Å². The van der Waals surface area contributed by atoms with Crippen LogP contribution in [0, 0.1) is 5.92 Å². The zero-order valence-electron chi connectivity index (χ0n) is 14.0. The lowest BCUT2D eigenvalue weighted by Crippen LogP contribution is -2.46. The Kier molecular flexibility index (Phi) is 5.89. The van der Waals surface area contributed by atoms with E-state index in [-0.39, 0.29) is 29.1 Å². The van der Waals surface area contributed by atoms with Crippen molar-refractivity contribution in [3.05, 3.63) is 29.6 Å². The fraction of sp³-hybridized carbons (Fsp3) is 0.529. The van der Waals surface area contributed by atoms with Gasteiger partial charge in [-0.05, 0) is 30.9 Å². The number of piperidine rings is 1. The molecule has 1 aliphatic heterocycles. The van der Waals surface area contributed by atoms with E-state index < -0.39 is 5.97 Å². The molecule has 7 heteroatoms. The van der Waals surface area contributed by atoms with E-state index in [9.17, 15) is 14.4 Å². The topological polar surface area (TPSA) is 99.6 Å². The number of aromatic nitrogens is 1. The van der Waals surface area contributed by atoms with Crippen LogP contribution in [0.2, 0.25) is 0 Å². The molecule has 0 spiro atoms. The first-order chi connectivity index (χ1) is 11.4. The molecule has 0 radical (unpaired) electrons. The number of nitrogens with one attached hydrogen (secondary N) is 1. The summed E-state index contributed by atoms with van der Waals surface area (Å²) in [5.74, 6) is -0.985. The number of rotatable bonds is 5. The van der Waals surface area contributed by atoms with Crippen molar-refractivity contribution in [3.8, 4) is 0 Å². The predicted molar refractivity (Wildman–Crippen MR) is 87.7 cm³/mol. The molecule has 0 saturated carbocycles. The average molecular weight is 333 g/mol. The van der Waals surface area contributed by atoms with Crippen molar-refractivity contribution in [3.63, 3.8) is 0 Å². The van der Waals surface area contributed by atoms with Crippen molar-refractivity contribution >= 4 is 17.8 Å². The number of aromatic carboxylic acids is 1. The molecule has 1 saturated heterocycles. The van der Waals surface area contributed by atoms with Crippen molar-refractivity contribution in [2.75, 3.05) is 13.1 Å². The van der Waals surface area contributed by atoms with Gasteiger partial charge in [0.2, 0.25) is 5.91 Å². The third-order valence-corrected chi connectivity index (χ3v) is 4.01. The molecule has 130 valence electrons. The molecule has 0 bridgehead atoms. The molecule has 2 heterocycles. The minimum atomic E-state index is -1.09.